The Morgan fingerprint density at radius 3 is 2.33 bits per heavy atom. The lowest BCUT2D eigenvalue weighted by atomic mass is 10.3. The fraction of sp³-hybridized carbons (Fsp3) is 0.750. The monoisotopic (exact) mass is 283 g/mol. The first-order valence-electron chi connectivity index (χ1n) is 3.95. The van der Waals surface area contributed by atoms with Crippen LogP contribution in [0.5, 0.6) is 0 Å². The van der Waals surface area contributed by atoms with Gasteiger partial charge in [-0.25, -0.2) is 0 Å². The van der Waals surface area contributed by atoms with Gasteiger partial charge in [0.15, 0.2) is 0 Å². The molecule has 0 spiro atoms. The van der Waals surface area contributed by atoms with Gasteiger partial charge in [0.1, 0.15) is 5.78 Å². The Labute approximate surface area is 86.6 Å². The Kier molecular flexibility index (Phi) is 6.32. The number of ketones is 1. The van der Waals surface area contributed by atoms with Crippen LogP contribution in [0.4, 0.5) is 0 Å². The van der Waals surface area contributed by atoms with Crippen LogP contribution in [0.1, 0.15) is 20.3 Å². The zero-order chi connectivity index (χ0) is 9.56. The first kappa shape index (κ1) is 11.9. The number of halogens is 1. The highest BCUT2D eigenvalue weighted by Gasteiger charge is 2.11. The Morgan fingerprint density at radius 1 is 1.42 bits per heavy atom. The standard InChI is InChI=1S/C8H14INO2/c1-3-8(12)10(5-4-9)6-7(2)11/h3-6H2,1-2H3. The summed E-state index contributed by atoms with van der Waals surface area (Å²) in [5.74, 6) is 0.100. The highest BCUT2D eigenvalue weighted by molar-refractivity contribution is 14.1. The molecule has 0 saturated heterocycles. The van der Waals surface area contributed by atoms with Gasteiger partial charge in [0.25, 0.3) is 0 Å². The number of hydrogen-bond donors (Lipinski definition) is 0. The highest BCUT2D eigenvalue weighted by atomic mass is 127. The van der Waals surface area contributed by atoms with Crippen LogP contribution in [0.3, 0.4) is 0 Å². The molecule has 0 saturated carbocycles. The average molecular weight is 283 g/mol. The summed E-state index contributed by atoms with van der Waals surface area (Å²) in [6.07, 6.45) is 0.476. The van der Waals surface area contributed by atoms with Gasteiger partial charge in [0, 0.05) is 17.4 Å². The molecule has 0 unspecified atom stereocenters. The summed E-state index contributed by atoms with van der Waals surface area (Å²) in [6.45, 7) is 4.24. The fourth-order valence-corrected chi connectivity index (χ4v) is 1.47. The van der Waals surface area contributed by atoms with Crippen LogP contribution < -0.4 is 0 Å². The van der Waals surface area contributed by atoms with E-state index in [4.69, 9.17) is 0 Å². The minimum absolute atomic E-state index is 0.0432. The van der Waals surface area contributed by atoms with Crippen molar-refractivity contribution in [1.29, 1.82) is 0 Å². The smallest absolute Gasteiger partial charge is 0.222 e. The summed E-state index contributed by atoms with van der Waals surface area (Å²) in [7, 11) is 0. The van der Waals surface area contributed by atoms with Crippen LogP contribution >= 0.6 is 22.6 Å². The molecule has 12 heavy (non-hydrogen) atoms. The molecular weight excluding hydrogens is 269 g/mol. The molecule has 0 radical (unpaired) electrons. The summed E-state index contributed by atoms with van der Waals surface area (Å²) in [6, 6.07) is 0. The number of carbonyl (C=O) groups excluding carboxylic acids is 2. The lowest BCUT2D eigenvalue weighted by Gasteiger charge is -2.19. The topological polar surface area (TPSA) is 37.4 Å². The number of Topliss-reactive ketones (excluding diaryl/α,β-unsaturated/α-hetero) is 1. The molecule has 70 valence electrons. The molecule has 0 aromatic heterocycles. The molecule has 0 heterocycles. The van der Waals surface area contributed by atoms with Crippen molar-refractivity contribution < 1.29 is 9.59 Å². The maximum absolute atomic E-state index is 11.2. The van der Waals surface area contributed by atoms with E-state index in [1.165, 1.54) is 6.92 Å². The molecule has 0 aromatic rings. The normalized spacial score (nSPS) is 9.58. The van der Waals surface area contributed by atoms with E-state index in [1.807, 2.05) is 6.92 Å². The van der Waals surface area contributed by atoms with Crippen LogP contribution in [-0.2, 0) is 9.59 Å². The van der Waals surface area contributed by atoms with Crippen LogP contribution in [0.15, 0.2) is 0 Å². The van der Waals surface area contributed by atoms with Gasteiger partial charge in [0.2, 0.25) is 5.91 Å². The summed E-state index contributed by atoms with van der Waals surface area (Å²) >= 11 is 2.19. The largest absolute Gasteiger partial charge is 0.335 e. The quantitative estimate of drug-likeness (QED) is 0.562. The van der Waals surface area contributed by atoms with Crippen molar-refractivity contribution in [3.63, 3.8) is 0 Å². The van der Waals surface area contributed by atoms with Gasteiger partial charge < -0.3 is 4.90 Å². The second-order valence-corrected chi connectivity index (χ2v) is 3.64. The average Bonchev–Trinajstić information content (AvgIpc) is 2.01. The van der Waals surface area contributed by atoms with Gasteiger partial charge in [-0.05, 0) is 6.92 Å². The lowest BCUT2D eigenvalue weighted by molar-refractivity contribution is -0.134. The summed E-state index contributed by atoms with van der Waals surface area (Å²) < 4.78 is 0.872. The van der Waals surface area contributed by atoms with Gasteiger partial charge >= 0.3 is 0 Å². The van der Waals surface area contributed by atoms with E-state index in [1.54, 1.807) is 4.90 Å². The third kappa shape index (κ3) is 4.69. The molecule has 0 N–H and O–H groups in total. The molecule has 4 heteroatoms. The summed E-state index contributed by atoms with van der Waals surface area (Å²) in [5, 5.41) is 0. The number of alkyl halides is 1. The first-order valence-corrected chi connectivity index (χ1v) is 5.47. The molecule has 0 rings (SSSR count). The summed E-state index contributed by atoms with van der Waals surface area (Å²) in [4.78, 5) is 23.6. The first-order chi connectivity index (χ1) is 5.61. The molecular formula is C8H14INO2. The van der Waals surface area contributed by atoms with Crippen LogP contribution in [-0.4, -0.2) is 34.1 Å². The molecule has 0 aliphatic heterocycles. The third-order valence-electron chi connectivity index (χ3n) is 1.42. The lowest BCUT2D eigenvalue weighted by Crippen LogP contribution is -2.35. The Morgan fingerprint density at radius 2 is 2.00 bits per heavy atom. The molecule has 1 amide bonds. The van der Waals surface area contributed by atoms with Crippen LogP contribution in [0.25, 0.3) is 0 Å². The zero-order valence-corrected chi connectivity index (χ0v) is 9.63. The second-order valence-electron chi connectivity index (χ2n) is 2.56. The molecule has 0 fully saturated rings. The van der Waals surface area contributed by atoms with Crippen LogP contribution in [0.2, 0.25) is 0 Å². The molecule has 0 aromatic carbocycles. The van der Waals surface area contributed by atoms with E-state index in [0.29, 0.717) is 13.0 Å². The Bertz CT molecular complexity index is 170. The minimum atomic E-state index is 0.0432. The number of rotatable bonds is 5. The number of amides is 1. The van der Waals surface area contributed by atoms with E-state index in [9.17, 15) is 9.59 Å². The van der Waals surface area contributed by atoms with E-state index in [0.717, 1.165) is 4.43 Å². The maximum atomic E-state index is 11.2. The number of nitrogens with zero attached hydrogens (tertiary/aromatic N) is 1. The van der Waals surface area contributed by atoms with Crippen molar-refractivity contribution in [1.82, 2.24) is 4.90 Å². The molecule has 3 nitrogen and oxygen atoms in total. The second kappa shape index (κ2) is 6.39. The number of hydrogen-bond acceptors (Lipinski definition) is 2. The molecule has 0 bridgehead atoms. The van der Waals surface area contributed by atoms with E-state index < -0.39 is 0 Å². The minimum Gasteiger partial charge on any atom is -0.335 e. The van der Waals surface area contributed by atoms with Crippen molar-refractivity contribution >= 4 is 34.3 Å². The Balaban J connectivity index is 4.02. The van der Waals surface area contributed by atoms with Gasteiger partial charge in [-0.15, -0.1) is 0 Å². The van der Waals surface area contributed by atoms with E-state index in [2.05, 4.69) is 22.6 Å². The SMILES string of the molecule is CCC(=O)N(CCI)CC(C)=O. The predicted molar refractivity (Wildman–Crippen MR) is 56.4 cm³/mol. The molecule has 0 atom stereocenters. The van der Waals surface area contributed by atoms with E-state index >= 15 is 0 Å². The highest BCUT2D eigenvalue weighted by Crippen LogP contribution is 1.96. The predicted octanol–water partition coefficient (Wildman–Crippen LogP) is 1.25. The molecule has 0 aliphatic carbocycles. The van der Waals surface area contributed by atoms with Crippen molar-refractivity contribution in [3.05, 3.63) is 0 Å². The fourth-order valence-electron chi connectivity index (χ4n) is 0.886. The van der Waals surface area contributed by atoms with Crippen molar-refractivity contribution in [2.75, 3.05) is 17.5 Å². The summed E-state index contributed by atoms with van der Waals surface area (Å²) in [5.41, 5.74) is 0. The maximum Gasteiger partial charge on any atom is 0.222 e. The van der Waals surface area contributed by atoms with Crippen molar-refractivity contribution in [2.45, 2.75) is 20.3 Å². The Hall–Kier alpha value is -0.130. The zero-order valence-electron chi connectivity index (χ0n) is 7.47. The van der Waals surface area contributed by atoms with Gasteiger partial charge in [0.05, 0.1) is 6.54 Å². The van der Waals surface area contributed by atoms with Crippen LogP contribution in [0, 0.1) is 0 Å². The van der Waals surface area contributed by atoms with Crippen molar-refractivity contribution in [2.24, 2.45) is 0 Å². The van der Waals surface area contributed by atoms with Gasteiger partial charge in [-0.1, -0.05) is 29.5 Å². The van der Waals surface area contributed by atoms with Gasteiger partial charge in [-0.3, -0.25) is 9.59 Å². The van der Waals surface area contributed by atoms with Gasteiger partial charge in [-0.2, -0.15) is 0 Å². The van der Waals surface area contributed by atoms with Crippen molar-refractivity contribution in [3.8, 4) is 0 Å². The third-order valence-corrected chi connectivity index (χ3v) is 1.91. The van der Waals surface area contributed by atoms with E-state index in [-0.39, 0.29) is 18.2 Å². The number of carbonyl (C=O) groups is 2. The molecule has 0 aliphatic rings.